The fraction of sp³-hybridized carbons (Fsp3) is 0.400. The Labute approximate surface area is 153 Å². The van der Waals surface area contributed by atoms with E-state index in [9.17, 15) is 10.1 Å². The van der Waals surface area contributed by atoms with Crippen LogP contribution in [0.15, 0.2) is 24.3 Å². The van der Waals surface area contributed by atoms with Gasteiger partial charge in [0.1, 0.15) is 11.1 Å². The van der Waals surface area contributed by atoms with Crippen molar-refractivity contribution in [2.24, 2.45) is 0 Å². The molecule has 5 heteroatoms. The van der Waals surface area contributed by atoms with Gasteiger partial charge in [-0.3, -0.25) is 4.79 Å². The van der Waals surface area contributed by atoms with Crippen molar-refractivity contribution in [2.45, 2.75) is 39.5 Å². The maximum atomic E-state index is 12.6. The first-order valence-corrected chi connectivity index (χ1v) is 9.70. The van der Waals surface area contributed by atoms with Crippen molar-refractivity contribution in [1.82, 2.24) is 0 Å². The first-order chi connectivity index (χ1) is 12.2. The van der Waals surface area contributed by atoms with Gasteiger partial charge in [-0.05, 0) is 69.4 Å². The number of hydrogen-bond acceptors (Lipinski definition) is 4. The number of aryl methyl sites for hydroxylation is 1. The third kappa shape index (κ3) is 3.54. The van der Waals surface area contributed by atoms with Crippen LogP contribution in [0.1, 0.15) is 53.1 Å². The van der Waals surface area contributed by atoms with Crippen molar-refractivity contribution in [1.29, 1.82) is 5.26 Å². The lowest BCUT2D eigenvalue weighted by atomic mass is 9.96. The Morgan fingerprint density at radius 2 is 1.88 bits per heavy atom. The zero-order chi connectivity index (χ0) is 17.8. The Balaban J connectivity index is 1.79. The highest BCUT2D eigenvalue weighted by Gasteiger charge is 2.22. The van der Waals surface area contributed by atoms with E-state index >= 15 is 0 Å². The maximum Gasteiger partial charge on any atom is 0.256 e. The van der Waals surface area contributed by atoms with Crippen molar-refractivity contribution < 1.29 is 4.79 Å². The normalized spacial score (nSPS) is 13.0. The molecule has 2 aromatic rings. The Bertz CT molecular complexity index is 798. The van der Waals surface area contributed by atoms with Crippen LogP contribution in [0, 0.1) is 11.3 Å². The molecule has 0 fully saturated rings. The number of benzene rings is 1. The molecule has 1 aliphatic carbocycles. The highest BCUT2D eigenvalue weighted by Crippen LogP contribution is 2.37. The summed E-state index contributed by atoms with van der Waals surface area (Å²) in [5.41, 5.74) is 3.54. The van der Waals surface area contributed by atoms with E-state index in [1.165, 1.54) is 11.3 Å². The second-order valence-corrected chi connectivity index (χ2v) is 7.31. The molecule has 130 valence electrons. The molecule has 1 N–H and O–H groups in total. The number of thiophene rings is 1. The van der Waals surface area contributed by atoms with Gasteiger partial charge in [-0.2, -0.15) is 5.26 Å². The Kier molecular flexibility index (Phi) is 5.40. The molecule has 0 radical (unpaired) electrons. The number of anilines is 2. The highest BCUT2D eigenvalue weighted by atomic mass is 32.1. The number of amides is 1. The van der Waals surface area contributed by atoms with Gasteiger partial charge in [0.25, 0.3) is 5.91 Å². The second-order valence-electron chi connectivity index (χ2n) is 6.20. The molecule has 0 saturated carbocycles. The minimum Gasteiger partial charge on any atom is -0.372 e. The number of hydrogen-bond donors (Lipinski definition) is 1. The van der Waals surface area contributed by atoms with E-state index in [0.29, 0.717) is 16.1 Å². The molecule has 4 nitrogen and oxygen atoms in total. The van der Waals surface area contributed by atoms with Crippen molar-refractivity contribution >= 4 is 27.9 Å². The predicted molar refractivity (Wildman–Crippen MR) is 104 cm³/mol. The van der Waals surface area contributed by atoms with Crippen LogP contribution in [0.25, 0.3) is 0 Å². The number of carbonyl (C=O) groups is 1. The Morgan fingerprint density at radius 3 is 2.52 bits per heavy atom. The van der Waals surface area contributed by atoms with E-state index in [-0.39, 0.29) is 5.91 Å². The summed E-state index contributed by atoms with van der Waals surface area (Å²) in [6.07, 6.45) is 4.25. The van der Waals surface area contributed by atoms with Crippen LogP contribution in [-0.2, 0) is 12.8 Å². The summed E-state index contributed by atoms with van der Waals surface area (Å²) in [4.78, 5) is 16.1. The van der Waals surface area contributed by atoms with Crippen molar-refractivity contribution in [2.75, 3.05) is 23.3 Å². The van der Waals surface area contributed by atoms with Crippen molar-refractivity contribution in [3.05, 3.63) is 45.8 Å². The maximum absolute atomic E-state index is 12.6. The van der Waals surface area contributed by atoms with E-state index in [4.69, 9.17) is 0 Å². The zero-order valence-electron chi connectivity index (χ0n) is 14.8. The largest absolute Gasteiger partial charge is 0.372 e. The molecule has 25 heavy (non-hydrogen) atoms. The van der Waals surface area contributed by atoms with Gasteiger partial charge >= 0.3 is 0 Å². The summed E-state index contributed by atoms with van der Waals surface area (Å²) in [6.45, 7) is 6.11. The first-order valence-electron chi connectivity index (χ1n) is 8.88. The minimum atomic E-state index is -0.152. The summed E-state index contributed by atoms with van der Waals surface area (Å²) in [5, 5.41) is 13.2. The van der Waals surface area contributed by atoms with Gasteiger partial charge < -0.3 is 10.2 Å². The highest BCUT2D eigenvalue weighted by molar-refractivity contribution is 7.16. The molecule has 1 aromatic carbocycles. The van der Waals surface area contributed by atoms with E-state index in [0.717, 1.165) is 43.6 Å². The molecule has 0 bridgehead atoms. The number of nitrogens with zero attached hydrogens (tertiary/aromatic N) is 2. The van der Waals surface area contributed by atoms with E-state index < -0.39 is 0 Å². The van der Waals surface area contributed by atoms with E-state index in [2.05, 4.69) is 30.1 Å². The van der Waals surface area contributed by atoms with Crippen LogP contribution in [0.2, 0.25) is 0 Å². The molecule has 1 amide bonds. The molecular weight excluding hydrogens is 330 g/mol. The van der Waals surface area contributed by atoms with Gasteiger partial charge in [0.05, 0.1) is 5.56 Å². The molecule has 1 heterocycles. The summed E-state index contributed by atoms with van der Waals surface area (Å²) >= 11 is 1.56. The van der Waals surface area contributed by atoms with Gasteiger partial charge in [0, 0.05) is 29.2 Å². The molecule has 0 atom stereocenters. The lowest BCUT2D eigenvalue weighted by Gasteiger charge is -2.21. The SMILES string of the molecule is CCN(CC)c1ccc(C(=O)Nc2sc3c(c2C#N)CCCC3)cc1. The quantitative estimate of drug-likeness (QED) is 0.855. The van der Waals surface area contributed by atoms with Crippen molar-refractivity contribution in [3.8, 4) is 6.07 Å². The van der Waals surface area contributed by atoms with Gasteiger partial charge in [-0.25, -0.2) is 0 Å². The first kappa shape index (κ1) is 17.5. The fourth-order valence-electron chi connectivity index (χ4n) is 3.36. The van der Waals surface area contributed by atoms with Crippen LogP contribution in [0.4, 0.5) is 10.7 Å². The zero-order valence-corrected chi connectivity index (χ0v) is 15.6. The average Bonchev–Trinajstić information content (AvgIpc) is 3.00. The topological polar surface area (TPSA) is 56.1 Å². The van der Waals surface area contributed by atoms with E-state index in [1.807, 2.05) is 24.3 Å². The molecular formula is C20H23N3OS. The van der Waals surface area contributed by atoms with Gasteiger partial charge in [-0.1, -0.05) is 0 Å². The Hall–Kier alpha value is -2.32. The fourth-order valence-corrected chi connectivity index (χ4v) is 4.59. The van der Waals surface area contributed by atoms with Gasteiger partial charge in [0.15, 0.2) is 0 Å². The van der Waals surface area contributed by atoms with Crippen LogP contribution in [0.3, 0.4) is 0 Å². The average molecular weight is 353 g/mol. The molecule has 0 unspecified atom stereocenters. The number of nitrogens with one attached hydrogen (secondary N) is 1. The summed E-state index contributed by atoms with van der Waals surface area (Å²) in [6, 6.07) is 9.95. The number of carbonyl (C=O) groups excluding carboxylic acids is 1. The number of rotatable bonds is 5. The molecule has 0 spiro atoms. The molecule has 1 aliphatic rings. The third-order valence-corrected chi connectivity index (χ3v) is 5.98. The summed E-state index contributed by atoms with van der Waals surface area (Å²) < 4.78 is 0. The van der Waals surface area contributed by atoms with Crippen LogP contribution in [0.5, 0.6) is 0 Å². The van der Waals surface area contributed by atoms with Crippen LogP contribution < -0.4 is 10.2 Å². The lowest BCUT2D eigenvalue weighted by Crippen LogP contribution is -2.21. The van der Waals surface area contributed by atoms with E-state index in [1.54, 1.807) is 11.3 Å². The molecule has 0 aliphatic heterocycles. The van der Waals surface area contributed by atoms with Crippen molar-refractivity contribution in [3.63, 3.8) is 0 Å². The van der Waals surface area contributed by atoms with Crippen LogP contribution >= 0.6 is 11.3 Å². The van der Waals surface area contributed by atoms with Gasteiger partial charge in [0.2, 0.25) is 0 Å². The number of nitriles is 1. The smallest absolute Gasteiger partial charge is 0.256 e. The summed E-state index contributed by atoms with van der Waals surface area (Å²) in [5.74, 6) is -0.152. The second kappa shape index (κ2) is 7.71. The number of fused-ring (bicyclic) bond motifs is 1. The standard InChI is InChI=1S/C20H23N3OS/c1-3-23(4-2)15-11-9-14(10-12-15)19(24)22-20-17(13-21)16-7-5-6-8-18(16)25-20/h9-12H,3-8H2,1-2H3,(H,22,24). The Morgan fingerprint density at radius 1 is 1.20 bits per heavy atom. The van der Waals surface area contributed by atoms with Crippen LogP contribution in [-0.4, -0.2) is 19.0 Å². The predicted octanol–water partition coefficient (Wildman–Crippen LogP) is 4.60. The molecule has 0 saturated heterocycles. The molecule has 1 aromatic heterocycles. The minimum absolute atomic E-state index is 0.152. The van der Waals surface area contributed by atoms with Gasteiger partial charge in [-0.15, -0.1) is 11.3 Å². The third-order valence-electron chi connectivity index (χ3n) is 4.77. The monoisotopic (exact) mass is 353 g/mol. The lowest BCUT2D eigenvalue weighted by molar-refractivity contribution is 0.102. The summed E-state index contributed by atoms with van der Waals surface area (Å²) in [7, 11) is 0. The molecule has 3 rings (SSSR count).